The van der Waals surface area contributed by atoms with Crippen molar-refractivity contribution >= 4 is 0 Å². The minimum atomic E-state index is 0.190. The molecule has 0 saturated carbocycles. The predicted molar refractivity (Wildman–Crippen MR) is 89.3 cm³/mol. The average molecular weight is 290 g/mol. The lowest BCUT2D eigenvalue weighted by molar-refractivity contribution is 0.275. The first-order valence-corrected chi connectivity index (χ1v) is 7.80. The molecule has 2 aromatic rings. The van der Waals surface area contributed by atoms with E-state index in [1.165, 1.54) is 16.7 Å². The zero-order valence-corrected chi connectivity index (χ0v) is 13.6. The third-order valence-corrected chi connectivity index (χ3v) is 4.39. The number of rotatable bonds is 2. The molecule has 0 amide bonds. The number of hydrogen-bond acceptors (Lipinski definition) is 2. The Labute approximate surface area is 133 Å². The summed E-state index contributed by atoms with van der Waals surface area (Å²) in [5.41, 5.74) is 6.34. The summed E-state index contributed by atoms with van der Waals surface area (Å²) < 4.78 is 0. The Hall–Kier alpha value is -2.11. The SMILES string of the molecule is CC(C)(C)c1ccc2c(c1)CN(Cc1ccccc1C#N)C2. The van der Waals surface area contributed by atoms with E-state index in [0.29, 0.717) is 0 Å². The van der Waals surface area contributed by atoms with Crippen LogP contribution in [0.4, 0.5) is 0 Å². The number of nitriles is 1. The molecule has 0 aliphatic carbocycles. The maximum absolute atomic E-state index is 9.22. The summed E-state index contributed by atoms with van der Waals surface area (Å²) in [6.07, 6.45) is 0. The van der Waals surface area contributed by atoms with Gasteiger partial charge in [-0.25, -0.2) is 0 Å². The summed E-state index contributed by atoms with van der Waals surface area (Å²) in [6, 6.07) is 17.1. The highest BCUT2D eigenvalue weighted by molar-refractivity contribution is 5.40. The van der Waals surface area contributed by atoms with Crippen molar-refractivity contribution in [3.63, 3.8) is 0 Å². The fourth-order valence-corrected chi connectivity index (χ4v) is 3.05. The van der Waals surface area contributed by atoms with Crippen LogP contribution in [-0.4, -0.2) is 4.90 Å². The molecule has 22 heavy (non-hydrogen) atoms. The minimum absolute atomic E-state index is 0.190. The summed E-state index contributed by atoms with van der Waals surface area (Å²) in [5.74, 6) is 0. The molecule has 0 spiro atoms. The Morgan fingerprint density at radius 3 is 2.50 bits per heavy atom. The average Bonchev–Trinajstić information content (AvgIpc) is 2.88. The van der Waals surface area contributed by atoms with Gasteiger partial charge in [-0.2, -0.15) is 5.26 Å². The third-order valence-electron chi connectivity index (χ3n) is 4.39. The van der Waals surface area contributed by atoms with Gasteiger partial charge in [-0.05, 0) is 33.7 Å². The first kappa shape index (κ1) is 14.8. The molecule has 0 N–H and O–H groups in total. The van der Waals surface area contributed by atoms with Crippen LogP contribution >= 0.6 is 0 Å². The van der Waals surface area contributed by atoms with Gasteiger partial charge < -0.3 is 0 Å². The summed E-state index contributed by atoms with van der Waals surface area (Å²) in [6.45, 7) is 9.54. The Morgan fingerprint density at radius 2 is 1.77 bits per heavy atom. The van der Waals surface area contributed by atoms with E-state index in [1.54, 1.807) is 0 Å². The number of benzene rings is 2. The molecule has 1 aliphatic rings. The lowest BCUT2D eigenvalue weighted by Gasteiger charge is -2.19. The largest absolute Gasteiger partial charge is 0.291 e. The van der Waals surface area contributed by atoms with Crippen LogP contribution < -0.4 is 0 Å². The van der Waals surface area contributed by atoms with Crippen LogP contribution in [0.15, 0.2) is 42.5 Å². The van der Waals surface area contributed by atoms with Crippen LogP contribution in [0.25, 0.3) is 0 Å². The molecule has 0 atom stereocenters. The van der Waals surface area contributed by atoms with E-state index in [2.05, 4.69) is 56.0 Å². The third kappa shape index (κ3) is 2.91. The Bertz CT molecular complexity index is 732. The molecule has 2 aromatic carbocycles. The highest BCUT2D eigenvalue weighted by Gasteiger charge is 2.22. The molecule has 0 bridgehead atoms. The van der Waals surface area contributed by atoms with Gasteiger partial charge in [0.2, 0.25) is 0 Å². The first-order chi connectivity index (χ1) is 10.5. The van der Waals surface area contributed by atoms with E-state index in [-0.39, 0.29) is 5.41 Å². The lowest BCUT2D eigenvalue weighted by atomic mass is 9.85. The zero-order chi connectivity index (χ0) is 15.7. The summed E-state index contributed by atoms with van der Waals surface area (Å²) in [4.78, 5) is 2.41. The molecule has 0 aromatic heterocycles. The standard InChI is InChI=1S/C20H22N2/c1-20(2,3)19-9-8-17-13-22(14-18(17)10-19)12-16-7-5-4-6-15(16)11-21/h4-10H,12-14H2,1-3H3. The molecule has 2 heteroatoms. The van der Waals surface area contributed by atoms with Gasteiger partial charge in [0.25, 0.3) is 0 Å². The van der Waals surface area contributed by atoms with Crippen molar-refractivity contribution in [1.82, 2.24) is 4.90 Å². The maximum Gasteiger partial charge on any atom is 0.0995 e. The van der Waals surface area contributed by atoms with Gasteiger partial charge in [-0.1, -0.05) is 57.2 Å². The fraction of sp³-hybridized carbons (Fsp3) is 0.350. The van der Waals surface area contributed by atoms with Crippen molar-refractivity contribution in [2.75, 3.05) is 0 Å². The molecule has 0 fully saturated rings. The van der Waals surface area contributed by atoms with Crippen molar-refractivity contribution in [3.8, 4) is 6.07 Å². The van der Waals surface area contributed by atoms with Crippen molar-refractivity contribution in [3.05, 3.63) is 70.3 Å². The molecule has 1 aliphatic heterocycles. The topological polar surface area (TPSA) is 27.0 Å². The highest BCUT2D eigenvalue weighted by Crippen LogP contribution is 2.30. The Balaban J connectivity index is 1.79. The van der Waals surface area contributed by atoms with Crippen molar-refractivity contribution in [2.45, 2.75) is 45.8 Å². The van der Waals surface area contributed by atoms with Gasteiger partial charge in [0.1, 0.15) is 0 Å². The first-order valence-electron chi connectivity index (χ1n) is 7.80. The predicted octanol–water partition coefficient (Wildman–Crippen LogP) is 4.37. The minimum Gasteiger partial charge on any atom is -0.291 e. The van der Waals surface area contributed by atoms with Crippen molar-refractivity contribution in [1.29, 1.82) is 5.26 Å². The Kier molecular flexibility index (Phi) is 3.76. The van der Waals surface area contributed by atoms with Crippen LogP contribution in [0.3, 0.4) is 0 Å². The maximum atomic E-state index is 9.22. The quantitative estimate of drug-likeness (QED) is 0.821. The van der Waals surface area contributed by atoms with Crippen molar-refractivity contribution < 1.29 is 0 Å². The molecule has 112 valence electrons. The van der Waals surface area contributed by atoms with E-state index in [4.69, 9.17) is 0 Å². The number of fused-ring (bicyclic) bond motifs is 1. The highest BCUT2D eigenvalue weighted by atomic mass is 15.1. The second-order valence-corrected chi connectivity index (χ2v) is 7.15. The molecule has 0 saturated heterocycles. The second kappa shape index (κ2) is 5.59. The van der Waals surface area contributed by atoms with Crippen LogP contribution in [0.2, 0.25) is 0 Å². The summed E-state index contributed by atoms with van der Waals surface area (Å²) in [7, 11) is 0. The number of nitrogens with zero attached hydrogens (tertiary/aromatic N) is 2. The van der Waals surface area contributed by atoms with Crippen LogP contribution in [-0.2, 0) is 25.0 Å². The summed E-state index contributed by atoms with van der Waals surface area (Å²) >= 11 is 0. The van der Waals surface area contributed by atoms with Gasteiger partial charge in [0.15, 0.2) is 0 Å². The summed E-state index contributed by atoms with van der Waals surface area (Å²) in [5, 5.41) is 9.22. The Morgan fingerprint density at radius 1 is 1.05 bits per heavy atom. The lowest BCUT2D eigenvalue weighted by Crippen LogP contribution is -2.16. The fourth-order valence-electron chi connectivity index (χ4n) is 3.05. The van der Waals surface area contributed by atoms with E-state index in [9.17, 15) is 5.26 Å². The van der Waals surface area contributed by atoms with Gasteiger partial charge in [-0.15, -0.1) is 0 Å². The van der Waals surface area contributed by atoms with Crippen LogP contribution in [0.5, 0.6) is 0 Å². The smallest absolute Gasteiger partial charge is 0.0995 e. The number of hydrogen-bond donors (Lipinski definition) is 0. The van der Waals surface area contributed by atoms with E-state index < -0.39 is 0 Å². The van der Waals surface area contributed by atoms with E-state index in [0.717, 1.165) is 30.8 Å². The molecule has 0 radical (unpaired) electrons. The van der Waals surface area contributed by atoms with Crippen LogP contribution in [0, 0.1) is 11.3 Å². The monoisotopic (exact) mass is 290 g/mol. The van der Waals surface area contributed by atoms with E-state index in [1.807, 2.05) is 18.2 Å². The molecule has 1 heterocycles. The molecular weight excluding hydrogens is 268 g/mol. The molecule has 3 rings (SSSR count). The van der Waals surface area contributed by atoms with Gasteiger partial charge in [0.05, 0.1) is 11.6 Å². The molecular formula is C20H22N2. The van der Waals surface area contributed by atoms with Gasteiger partial charge >= 0.3 is 0 Å². The van der Waals surface area contributed by atoms with Gasteiger partial charge in [0, 0.05) is 19.6 Å². The zero-order valence-electron chi connectivity index (χ0n) is 13.6. The normalized spacial score (nSPS) is 14.6. The molecule has 2 nitrogen and oxygen atoms in total. The second-order valence-electron chi connectivity index (χ2n) is 7.15. The van der Waals surface area contributed by atoms with Gasteiger partial charge in [-0.3, -0.25) is 4.90 Å². The molecule has 0 unspecified atom stereocenters. The van der Waals surface area contributed by atoms with Crippen molar-refractivity contribution in [2.24, 2.45) is 0 Å². The van der Waals surface area contributed by atoms with Crippen LogP contribution in [0.1, 0.15) is 48.6 Å². The van der Waals surface area contributed by atoms with E-state index >= 15 is 0 Å².